The average Bonchev–Trinajstić information content (AvgIpc) is 3.08. The summed E-state index contributed by atoms with van der Waals surface area (Å²) in [6.45, 7) is 1.11. The Labute approximate surface area is 102 Å². The van der Waals surface area contributed by atoms with Gasteiger partial charge in [0.25, 0.3) is 0 Å². The molecule has 1 aliphatic carbocycles. The highest BCUT2D eigenvalue weighted by Gasteiger charge is 2.19. The number of ether oxygens (including phenoxy) is 1. The van der Waals surface area contributed by atoms with Crippen LogP contribution in [0, 0.1) is 0 Å². The summed E-state index contributed by atoms with van der Waals surface area (Å²) in [6.07, 6.45) is 4.95. The van der Waals surface area contributed by atoms with E-state index in [0.717, 1.165) is 24.8 Å². The van der Waals surface area contributed by atoms with E-state index in [1.807, 2.05) is 12.1 Å². The molecule has 1 fully saturated rings. The molecule has 0 aromatic heterocycles. The van der Waals surface area contributed by atoms with Gasteiger partial charge in [0.05, 0.1) is 12.1 Å². The van der Waals surface area contributed by atoms with Crippen molar-refractivity contribution >= 4 is 11.6 Å². The lowest BCUT2D eigenvalue weighted by Gasteiger charge is -2.06. The fourth-order valence-electron chi connectivity index (χ4n) is 1.75. The molecule has 16 heavy (non-hydrogen) atoms. The summed E-state index contributed by atoms with van der Waals surface area (Å²) in [5, 5.41) is 4.21. The molecule has 0 radical (unpaired) electrons. The summed E-state index contributed by atoms with van der Waals surface area (Å²) < 4.78 is 5.12. The van der Waals surface area contributed by atoms with Crippen LogP contribution >= 0.6 is 11.6 Å². The highest BCUT2D eigenvalue weighted by molar-refractivity contribution is 6.32. The predicted octanol–water partition coefficient (Wildman–Crippen LogP) is 3.03. The van der Waals surface area contributed by atoms with Crippen molar-refractivity contribution in [3.8, 4) is 5.75 Å². The second-order valence-electron chi connectivity index (χ2n) is 4.30. The topological polar surface area (TPSA) is 21.3 Å². The van der Waals surface area contributed by atoms with Crippen LogP contribution in [-0.2, 0) is 6.42 Å². The third-order valence-electron chi connectivity index (χ3n) is 2.87. The minimum atomic E-state index is 0.704. The number of halogens is 1. The van der Waals surface area contributed by atoms with Gasteiger partial charge in [0.2, 0.25) is 0 Å². The molecule has 0 amide bonds. The first-order valence-electron chi connectivity index (χ1n) is 5.85. The van der Waals surface area contributed by atoms with Crippen LogP contribution in [0.5, 0.6) is 5.75 Å². The van der Waals surface area contributed by atoms with Gasteiger partial charge in [-0.1, -0.05) is 17.7 Å². The molecule has 0 atom stereocenters. The molecule has 1 N–H and O–H groups in total. The zero-order valence-corrected chi connectivity index (χ0v) is 10.4. The standard InChI is InChI=1S/C13H18ClNO/c1-16-13-7-4-10(9-12(13)14)3-2-8-15-11-5-6-11/h4,7,9,11,15H,2-3,5-6,8H2,1H3. The van der Waals surface area contributed by atoms with Gasteiger partial charge in [-0.05, 0) is 49.9 Å². The minimum absolute atomic E-state index is 0.704. The first-order chi connectivity index (χ1) is 7.79. The lowest BCUT2D eigenvalue weighted by molar-refractivity contribution is 0.415. The molecule has 88 valence electrons. The molecule has 2 nitrogen and oxygen atoms in total. The van der Waals surface area contributed by atoms with E-state index >= 15 is 0 Å². The third-order valence-corrected chi connectivity index (χ3v) is 3.16. The van der Waals surface area contributed by atoms with Crippen LogP contribution in [0.15, 0.2) is 18.2 Å². The van der Waals surface area contributed by atoms with Crippen LogP contribution in [0.3, 0.4) is 0 Å². The van der Waals surface area contributed by atoms with Crippen molar-refractivity contribution in [3.63, 3.8) is 0 Å². The zero-order chi connectivity index (χ0) is 11.4. The monoisotopic (exact) mass is 239 g/mol. The molecular weight excluding hydrogens is 222 g/mol. The zero-order valence-electron chi connectivity index (χ0n) is 9.63. The van der Waals surface area contributed by atoms with E-state index in [1.165, 1.54) is 24.8 Å². The van der Waals surface area contributed by atoms with E-state index in [-0.39, 0.29) is 0 Å². The van der Waals surface area contributed by atoms with E-state index in [0.29, 0.717) is 5.02 Å². The van der Waals surface area contributed by atoms with Crippen molar-refractivity contribution < 1.29 is 4.74 Å². The second kappa shape index (κ2) is 5.55. The van der Waals surface area contributed by atoms with Crippen LogP contribution in [0.4, 0.5) is 0 Å². The van der Waals surface area contributed by atoms with Crippen molar-refractivity contribution in [1.82, 2.24) is 5.32 Å². The second-order valence-corrected chi connectivity index (χ2v) is 4.71. The number of benzene rings is 1. The summed E-state index contributed by atoms with van der Waals surface area (Å²) in [6, 6.07) is 6.82. The Kier molecular flexibility index (Phi) is 4.08. The van der Waals surface area contributed by atoms with Crippen molar-refractivity contribution in [1.29, 1.82) is 0 Å². The Morgan fingerprint density at radius 1 is 1.44 bits per heavy atom. The molecule has 0 aliphatic heterocycles. The van der Waals surface area contributed by atoms with E-state index < -0.39 is 0 Å². The van der Waals surface area contributed by atoms with Crippen LogP contribution in [-0.4, -0.2) is 19.7 Å². The maximum Gasteiger partial charge on any atom is 0.137 e. The number of aryl methyl sites for hydroxylation is 1. The Balaban J connectivity index is 1.77. The molecule has 1 saturated carbocycles. The number of hydrogen-bond acceptors (Lipinski definition) is 2. The van der Waals surface area contributed by atoms with E-state index in [1.54, 1.807) is 7.11 Å². The van der Waals surface area contributed by atoms with Crippen molar-refractivity contribution in [3.05, 3.63) is 28.8 Å². The van der Waals surface area contributed by atoms with Gasteiger partial charge >= 0.3 is 0 Å². The molecule has 0 bridgehead atoms. The molecule has 0 heterocycles. The molecule has 3 heteroatoms. The van der Waals surface area contributed by atoms with E-state index in [4.69, 9.17) is 16.3 Å². The molecule has 0 unspecified atom stereocenters. The summed E-state index contributed by atoms with van der Waals surface area (Å²) in [5.74, 6) is 0.751. The summed E-state index contributed by atoms with van der Waals surface area (Å²) >= 11 is 6.06. The minimum Gasteiger partial charge on any atom is -0.495 e. The fourth-order valence-corrected chi connectivity index (χ4v) is 2.03. The summed E-state index contributed by atoms with van der Waals surface area (Å²) in [5.41, 5.74) is 1.28. The average molecular weight is 240 g/mol. The number of methoxy groups -OCH3 is 1. The SMILES string of the molecule is COc1ccc(CCCNC2CC2)cc1Cl. The highest BCUT2D eigenvalue weighted by atomic mass is 35.5. The molecule has 1 aliphatic rings. The van der Waals surface area contributed by atoms with Crippen molar-refractivity contribution in [2.24, 2.45) is 0 Å². The molecule has 0 saturated heterocycles. The van der Waals surface area contributed by atoms with Gasteiger partial charge in [-0.3, -0.25) is 0 Å². The van der Waals surface area contributed by atoms with E-state index in [9.17, 15) is 0 Å². The lowest BCUT2D eigenvalue weighted by Crippen LogP contribution is -2.17. The fraction of sp³-hybridized carbons (Fsp3) is 0.538. The Morgan fingerprint density at radius 2 is 2.25 bits per heavy atom. The van der Waals surface area contributed by atoms with Crippen LogP contribution in [0.2, 0.25) is 5.02 Å². The van der Waals surface area contributed by atoms with Gasteiger partial charge in [-0.2, -0.15) is 0 Å². The lowest BCUT2D eigenvalue weighted by atomic mass is 10.1. The van der Waals surface area contributed by atoms with Gasteiger partial charge in [0.1, 0.15) is 5.75 Å². The third kappa shape index (κ3) is 3.39. The van der Waals surface area contributed by atoms with Gasteiger partial charge in [0.15, 0.2) is 0 Å². The maximum atomic E-state index is 6.06. The normalized spacial score (nSPS) is 15.1. The molecule has 2 rings (SSSR count). The first kappa shape index (κ1) is 11.7. The first-order valence-corrected chi connectivity index (χ1v) is 6.23. The Hall–Kier alpha value is -0.730. The van der Waals surface area contributed by atoms with Gasteiger partial charge in [-0.25, -0.2) is 0 Å². The van der Waals surface area contributed by atoms with Crippen LogP contribution < -0.4 is 10.1 Å². The Morgan fingerprint density at radius 3 is 2.88 bits per heavy atom. The molecule has 1 aromatic rings. The molecular formula is C13H18ClNO. The van der Waals surface area contributed by atoms with E-state index in [2.05, 4.69) is 11.4 Å². The Bertz CT molecular complexity index is 350. The number of nitrogens with one attached hydrogen (secondary N) is 1. The largest absolute Gasteiger partial charge is 0.495 e. The predicted molar refractivity (Wildman–Crippen MR) is 67.3 cm³/mol. The summed E-state index contributed by atoms with van der Waals surface area (Å²) in [7, 11) is 1.64. The van der Waals surface area contributed by atoms with Crippen molar-refractivity contribution in [2.75, 3.05) is 13.7 Å². The molecule has 0 spiro atoms. The number of hydrogen-bond donors (Lipinski definition) is 1. The number of rotatable bonds is 6. The molecule has 1 aromatic carbocycles. The van der Waals surface area contributed by atoms with Crippen LogP contribution in [0.25, 0.3) is 0 Å². The smallest absolute Gasteiger partial charge is 0.137 e. The quantitative estimate of drug-likeness (QED) is 0.771. The highest BCUT2D eigenvalue weighted by Crippen LogP contribution is 2.25. The van der Waals surface area contributed by atoms with Crippen molar-refractivity contribution in [2.45, 2.75) is 31.7 Å². The maximum absolute atomic E-state index is 6.06. The van der Waals surface area contributed by atoms with Gasteiger partial charge < -0.3 is 10.1 Å². The van der Waals surface area contributed by atoms with Crippen LogP contribution in [0.1, 0.15) is 24.8 Å². The van der Waals surface area contributed by atoms with Gasteiger partial charge in [0, 0.05) is 6.04 Å². The summed E-state index contributed by atoms with van der Waals surface area (Å²) in [4.78, 5) is 0. The van der Waals surface area contributed by atoms with Gasteiger partial charge in [-0.15, -0.1) is 0 Å².